The number of aromatic nitrogens is 1. The molecule has 2 aromatic heterocycles. The Morgan fingerprint density at radius 3 is 3.14 bits per heavy atom. The molecule has 1 aliphatic heterocycles. The molecule has 112 valence electrons. The maximum Gasteiger partial charge on any atom is 0.177 e. The van der Waals surface area contributed by atoms with E-state index in [4.69, 9.17) is 10.3 Å². The zero-order chi connectivity index (χ0) is 14.2. The summed E-state index contributed by atoms with van der Waals surface area (Å²) in [5.74, 6) is 2.35. The van der Waals surface area contributed by atoms with Gasteiger partial charge in [-0.3, -0.25) is 4.90 Å². The van der Waals surface area contributed by atoms with Gasteiger partial charge in [-0.2, -0.15) is 0 Å². The van der Waals surface area contributed by atoms with E-state index in [1.54, 1.807) is 11.3 Å². The Morgan fingerprint density at radius 1 is 1.38 bits per heavy atom. The topological polar surface area (TPSA) is 55.3 Å². The molecule has 1 saturated heterocycles. The van der Waals surface area contributed by atoms with Gasteiger partial charge in [0.2, 0.25) is 0 Å². The molecule has 0 radical (unpaired) electrons. The number of fused-ring (bicyclic) bond motifs is 1. The third-order valence-corrected chi connectivity index (χ3v) is 5.82. The van der Waals surface area contributed by atoms with Crippen LogP contribution in [0.4, 0.5) is 0 Å². The van der Waals surface area contributed by atoms with Gasteiger partial charge in [0, 0.05) is 31.7 Å². The molecule has 2 aliphatic rings. The Labute approximate surface area is 128 Å². The summed E-state index contributed by atoms with van der Waals surface area (Å²) >= 11 is 1.68. The third-order valence-electron chi connectivity index (χ3n) is 4.94. The number of hydrogen-bond donors (Lipinski definition) is 1. The van der Waals surface area contributed by atoms with Crippen LogP contribution in [0.15, 0.2) is 28.1 Å². The number of rotatable bonds is 3. The smallest absolute Gasteiger partial charge is 0.177 e. The highest BCUT2D eigenvalue weighted by Crippen LogP contribution is 2.36. The fraction of sp³-hybridized carbons (Fsp3) is 0.562. The lowest BCUT2D eigenvalue weighted by molar-refractivity contribution is 0.259. The van der Waals surface area contributed by atoms with Gasteiger partial charge >= 0.3 is 0 Å². The molecule has 21 heavy (non-hydrogen) atoms. The average molecular weight is 303 g/mol. The predicted octanol–water partition coefficient (Wildman–Crippen LogP) is 2.96. The first-order valence-electron chi connectivity index (χ1n) is 7.77. The van der Waals surface area contributed by atoms with Gasteiger partial charge in [-0.05, 0) is 36.1 Å². The second-order valence-electron chi connectivity index (χ2n) is 6.37. The molecule has 0 amide bonds. The van der Waals surface area contributed by atoms with Gasteiger partial charge in [0.25, 0.3) is 0 Å². The predicted molar refractivity (Wildman–Crippen MR) is 83.9 cm³/mol. The van der Waals surface area contributed by atoms with Crippen molar-refractivity contribution in [3.8, 4) is 10.6 Å². The van der Waals surface area contributed by atoms with E-state index in [2.05, 4.69) is 27.6 Å². The summed E-state index contributed by atoms with van der Waals surface area (Å²) in [6.45, 7) is 3.17. The summed E-state index contributed by atoms with van der Waals surface area (Å²) in [6, 6.07) is 6.58. The molecular weight excluding hydrogens is 282 g/mol. The number of likely N-dealkylation sites (tertiary alicyclic amines) is 1. The molecule has 0 spiro atoms. The average Bonchev–Trinajstić information content (AvgIpc) is 3.18. The first kappa shape index (κ1) is 13.5. The summed E-state index contributed by atoms with van der Waals surface area (Å²) in [6.07, 6.45) is 3.83. The summed E-state index contributed by atoms with van der Waals surface area (Å²) in [7, 11) is 0. The highest BCUT2D eigenvalue weighted by Gasteiger charge is 2.38. The first-order valence-corrected chi connectivity index (χ1v) is 8.65. The molecule has 3 unspecified atom stereocenters. The number of nitrogens with two attached hydrogens (primary N) is 1. The molecular formula is C16H21N3OS. The highest BCUT2D eigenvalue weighted by atomic mass is 32.1. The quantitative estimate of drug-likeness (QED) is 0.947. The minimum Gasteiger partial charge on any atom is -0.355 e. The molecule has 5 heteroatoms. The molecule has 3 heterocycles. The van der Waals surface area contributed by atoms with E-state index in [1.807, 2.05) is 6.07 Å². The molecule has 4 rings (SSSR count). The third kappa shape index (κ3) is 2.65. The van der Waals surface area contributed by atoms with Crippen molar-refractivity contribution in [2.45, 2.75) is 31.8 Å². The molecule has 4 nitrogen and oxygen atoms in total. The van der Waals surface area contributed by atoms with E-state index < -0.39 is 0 Å². The van der Waals surface area contributed by atoms with Crippen LogP contribution in [0.25, 0.3) is 10.6 Å². The van der Waals surface area contributed by atoms with E-state index in [9.17, 15) is 0 Å². The van der Waals surface area contributed by atoms with Crippen molar-refractivity contribution in [2.24, 2.45) is 17.6 Å². The number of thiophene rings is 1. The van der Waals surface area contributed by atoms with Crippen molar-refractivity contribution in [3.63, 3.8) is 0 Å². The largest absolute Gasteiger partial charge is 0.355 e. The van der Waals surface area contributed by atoms with Gasteiger partial charge in [-0.1, -0.05) is 17.6 Å². The van der Waals surface area contributed by atoms with E-state index in [0.717, 1.165) is 35.3 Å². The number of hydrogen-bond acceptors (Lipinski definition) is 5. The van der Waals surface area contributed by atoms with E-state index in [0.29, 0.717) is 12.0 Å². The zero-order valence-corrected chi connectivity index (χ0v) is 12.9. The fourth-order valence-electron chi connectivity index (χ4n) is 3.89. The van der Waals surface area contributed by atoms with Crippen LogP contribution in [-0.4, -0.2) is 29.2 Å². The van der Waals surface area contributed by atoms with Crippen LogP contribution in [0.1, 0.15) is 25.0 Å². The minimum atomic E-state index is 0.396. The molecule has 0 bridgehead atoms. The Balaban J connectivity index is 1.43. The zero-order valence-electron chi connectivity index (χ0n) is 12.1. The second kappa shape index (κ2) is 5.55. The Hall–Kier alpha value is -1.17. The maximum absolute atomic E-state index is 6.28. The van der Waals surface area contributed by atoms with Crippen LogP contribution in [0.3, 0.4) is 0 Å². The van der Waals surface area contributed by atoms with Crippen molar-refractivity contribution in [2.75, 3.05) is 13.1 Å². The van der Waals surface area contributed by atoms with E-state index in [-0.39, 0.29) is 0 Å². The van der Waals surface area contributed by atoms with Gasteiger partial charge in [0.15, 0.2) is 5.76 Å². The van der Waals surface area contributed by atoms with Crippen molar-refractivity contribution in [1.29, 1.82) is 0 Å². The van der Waals surface area contributed by atoms with Crippen molar-refractivity contribution >= 4 is 11.3 Å². The monoisotopic (exact) mass is 303 g/mol. The molecule has 1 aliphatic carbocycles. The van der Waals surface area contributed by atoms with Gasteiger partial charge in [0.1, 0.15) is 0 Å². The Morgan fingerprint density at radius 2 is 2.33 bits per heavy atom. The lowest BCUT2D eigenvalue weighted by atomic mass is 9.78. The Kier molecular flexibility index (Phi) is 3.57. The first-order chi connectivity index (χ1) is 10.3. The van der Waals surface area contributed by atoms with Crippen molar-refractivity contribution in [3.05, 3.63) is 29.3 Å². The SMILES string of the molecule is NC1CCCC2CN(Cc3cc(-c4cccs4)on3)CC12. The van der Waals surface area contributed by atoms with Gasteiger partial charge in [0.05, 0.1) is 10.6 Å². The highest BCUT2D eigenvalue weighted by molar-refractivity contribution is 7.13. The molecule has 2 aromatic rings. The summed E-state index contributed by atoms with van der Waals surface area (Å²) < 4.78 is 5.47. The molecule has 1 saturated carbocycles. The molecule has 2 N–H and O–H groups in total. The van der Waals surface area contributed by atoms with Crippen LogP contribution in [0, 0.1) is 11.8 Å². The van der Waals surface area contributed by atoms with Gasteiger partial charge in [-0.15, -0.1) is 11.3 Å². The van der Waals surface area contributed by atoms with Crippen molar-refractivity contribution < 1.29 is 4.52 Å². The maximum atomic E-state index is 6.28. The Bertz CT molecular complexity index is 594. The van der Waals surface area contributed by atoms with Crippen LogP contribution in [-0.2, 0) is 6.54 Å². The lowest BCUT2D eigenvalue weighted by Gasteiger charge is -2.29. The van der Waals surface area contributed by atoms with Crippen LogP contribution in [0.5, 0.6) is 0 Å². The summed E-state index contributed by atoms with van der Waals surface area (Å²) in [5.41, 5.74) is 7.32. The van der Waals surface area contributed by atoms with Crippen LogP contribution >= 0.6 is 11.3 Å². The molecule has 3 atom stereocenters. The molecule has 2 fully saturated rings. The van der Waals surface area contributed by atoms with E-state index >= 15 is 0 Å². The van der Waals surface area contributed by atoms with Gasteiger partial charge < -0.3 is 10.3 Å². The molecule has 0 aromatic carbocycles. The summed E-state index contributed by atoms with van der Waals surface area (Å²) in [5, 5.41) is 6.29. The normalized spacial score (nSPS) is 29.7. The second-order valence-corrected chi connectivity index (χ2v) is 7.32. The van der Waals surface area contributed by atoms with Crippen LogP contribution < -0.4 is 5.73 Å². The standard InChI is InChI=1S/C16H21N3OS/c17-14-4-1-3-11-8-19(10-13(11)14)9-12-7-15(20-18-12)16-5-2-6-21-16/h2,5-7,11,13-14H,1,3-4,8-10,17H2. The number of nitrogens with zero attached hydrogens (tertiary/aromatic N) is 2. The lowest BCUT2D eigenvalue weighted by Crippen LogP contribution is -2.38. The van der Waals surface area contributed by atoms with Crippen LogP contribution in [0.2, 0.25) is 0 Å². The minimum absolute atomic E-state index is 0.396. The fourth-order valence-corrected chi connectivity index (χ4v) is 4.56. The van der Waals surface area contributed by atoms with Gasteiger partial charge in [-0.25, -0.2) is 0 Å². The summed E-state index contributed by atoms with van der Waals surface area (Å²) in [4.78, 5) is 3.64. The van der Waals surface area contributed by atoms with E-state index in [1.165, 1.54) is 25.8 Å². The van der Waals surface area contributed by atoms with Crippen molar-refractivity contribution in [1.82, 2.24) is 10.1 Å².